The molecule has 0 spiro atoms. The van der Waals surface area contributed by atoms with E-state index in [2.05, 4.69) is 181 Å². The molecule has 0 aliphatic heterocycles. The van der Waals surface area contributed by atoms with Crippen LogP contribution in [0.1, 0.15) is 0 Å². The van der Waals surface area contributed by atoms with E-state index in [1.165, 1.54) is 21.7 Å². The molecule has 0 atom stereocenters. The second kappa shape index (κ2) is 11.7. The second-order valence-electron chi connectivity index (χ2n) is 13.7. The van der Waals surface area contributed by atoms with Crippen LogP contribution in [-0.2, 0) is 0 Å². The lowest BCUT2D eigenvalue weighted by Gasteiger charge is -2.28. The fourth-order valence-corrected chi connectivity index (χ4v) is 8.07. The Labute approximate surface area is 305 Å². The highest BCUT2D eigenvalue weighted by Gasteiger charge is 2.26. The van der Waals surface area contributed by atoms with Gasteiger partial charge in [0.15, 0.2) is 5.58 Å². The number of hydrogen-bond acceptors (Lipinski definition) is 3. The van der Waals surface area contributed by atoms with Crippen molar-refractivity contribution < 1.29 is 8.83 Å². The zero-order chi connectivity index (χ0) is 34.9. The Hall–Kier alpha value is -7.10. The van der Waals surface area contributed by atoms with Gasteiger partial charge in [0.1, 0.15) is 16.7 Å². The van der Waals surface area contributed by atoms with Gasteiger partial charge in [0, 0.05) is 44.0 Å². The topological polar surface area (TPSA) is 29.5 Å². The van der Waals surface area contributed by atoms with Crippen molar-refractivity contribution in [2.45, 2.75) is 0 Å². The van der Waals surface area contributed by atoms with E-state index < -0.39 is 0 Å². The van der Waals surface area contributed by atoms with Gasteiger partial charge in [-0.05, 0) is 81.2 Å². The van der Waals surface area contributed by atoms with Crippen molar-refractivity contribution in [3.8, 4) is 22.3 Å². The van der Waals surface area contributed by atoms with Crippen molar-refractivity contribution in [1.29, 1.82) is 0 Å². The number of rotatable bonds is 5. The summed E-state index contributed by atoms with van der Waals surface area (Å²) in [5.41, 5.74) is 10.8. The number of fused-ring (bicyclic) bond motifs is 8. The first-order chi connectivity index (χ1) is 26.3. The van der Waals surface area contributed by atoms with E-state index in [4.69, 9.17) is 8.83 Å². The van der Waals surface area contributed by atoms with Crippen molar-refractivity contribution in [2.24, 2.45) is 0 Å². The molecule has 0 amide bonds. The van der Waals surface area contributed by atoms with Crippen LogP contribution in [-0.4, -0.2) is 0 Å². The highest BCUT2D eigenvalue weighted by Crippen LogP contribution is 2.50. The lowest BCUT2D eigenvalue weighted by molar-refractivity contribution is 0.668. The molecule has 0 aliphatic carbocycles. The molecule has 3 heteroatoms. The van der Waals surface area contributed by atoms with Crippen LogP contribution in [0.3, 0.4) is 0 Å². The molecule has 11 aromatic rings. The second-order valence-corrected chi connectivity index (χ2v) is 13.7. The smallest absolute Gasteiger partial charge is 0.160 e. The fraction of sp³-hybridized carbons (Fsp3) is 0. The Bertz CT molecular complexity index is 3170. The molecule has 53 heavy (non-hydrogen) atoms. The Morgan fingerprint density at radius 1 is 0.321 bits per heavy atom. The Morgan fingerprint density at radius 2 is 0.943 bits per heavy atom. The molecule has 2 heterocycles. The maximum atomic E-state index is 7.06. The summed E-state index contributed by atoms with van der Waals surface area (Å²) in [4.78, 5) is 2.36. The average molecular weight is 678 g/mol. The molecule has 0 radical (unpaired) electrons. The monoisotopic (exact) mass is 677 g/mol. The molecule has 0 saturated carbocycles. The van der Waals surface area contributed by atoms with Crippen LogP contribution in [0.2, 0.25) is 0 Å². The molecule has 248 valence electrons. The van der Waals surface area contributed by atoms with Crippen LogP contribution in [0.4, 0.5) is 17.1 Å². The van der Waals surface area contributed by atoms with Crippen LogP contribution >= 0.6 is 0 Å². The molecule has 0 aliphatic rings. The molecule has 11 rings (SSSR count). The first kappa shape index (κ1) is 29.6. The van der Waals surface area contributed by atoms with Gasteiger partial charge in [0.2, 0.25) is 0 Å². The molecule has 2 aromatic heterocycles. The Balaban J connectivity index is 1.25. The third-order valence-electron chi connectivity index (χ3n) is 10.6. The van der Waals surface area contributed by atoms with Gasteiger partial charge in [-0.3, -0.25) is 0 Å². The number of anilines is 3. The van der Waals surface area contributed by atoms with E-state index in [1.807, 2.05) is 12.1 Å². The fourth-order valence-electron chi connectivity index (χ4n) is 8.07. The van der Waals surface area contributed by atoms with Crippen molar-refractivity contribution in [2.75, 3.05) is 4.90 Å². The normalized spacial score (nSPS) is 11.8. The molecule has 0 fully saturated rings. The molecule has 3 nitrogen and oxygen atoms in total. The minimum Gasteiger partial charge on any atom is -0.455 e. The summed E-state index contributed by atoms with van der Waals surface area (Å²) in [5.74, 6) is 0. The summed E-state index contributed by atoms with van der Waals surface area (Å²) in [6.07, 6.45) is 0. The highest BCUT2D eigenvalue weighted by molar-refractivity contribution is 6.18. The average Bonchev–Trinajstić information content (AvgIpc) is 3.79. The highest BCUT2D eigenvalue weighted by atomic mass is 16.3. The van der Waals surface area contributed by atoms with E-state index in [9.17, 15) is 0 Å². The van der Waals surface area contributed by atoms with Gasteiger partial charge in [-0.1, -0.05) is 140 Å². The van der Waals surface area contributed by atoms with Crippen LogP contribution in [0, 0.1) is 0 Å². The Kier molecular flexibility index (Phi) is 6.55. The maximum absolute atomic E-state index is 7.06. The molecule has 0 saturated heterocycles. The Morgan fingerprint density at radius 3 is 1.77 bits per heavy atom. The van der Waals surface area contributed by atoms with Gasteiger partial charge in [-0.25, -0.2) is 0 Å². The molecule has 0 bridgehead atoms. The molecular formula is C50H31NO2. The summed E-state index contributed by atoms with van der Waals surface area (Å²) in [7, 11) is 0. The first-order valence-electron chi connectivity index (χ1n) is 18.0. The summed E-state index contributed by atoms with van der Waals surface area (Å²) < 4.78 is 13.7. The number of benzene rings is 9. The van der Waals surface area contributed by atoms with E-state index >= 15 is 0 Å². The van der Waals surface area contributed by atoms with Crippen LogP contribution in [0.15, 0.2) is 197 Å². The zero-order valence-corrected chi connectivity index (χ0v) is 28.7. The SMILES string of the molecule is c1ccc(-c2ccc(N(c3ccc4ccccc4c3)c3c(-c4cccc5c4oc4ccccc45)ccc4c3oc3cc5ccccc5cc34)cc2)cc1. The van der Waals surface area contributed by atoms with E-state index in [0.717, 1.165) is 83.0 Å². The van der Waals surface area contributed by atoms with Crippen molar-refractivity contribution in [1.82, 2.24) is 0 Å². The summed E-state index contributed by atoms with van der Waals surface area (Å²) in [6, 6.07) is 66.7. The van der Waals surface area contributed by atoms with E-state index in [1.54, 1.807) is 0 Å². The molecule has 9 aromatic carbocycles. The number of hydrogen-bond donors (Lipinski definition) is 0. The van der Waals surface area contributed by atoms with Crippen LogP contribution < -0.4 is 4.90 Å². The quantitative estimate of drug-likeness (QED) is 0.182. The van der Waals surface area contributed by atoms with Gasteiger partial charge in [-0.15, -0.1) is 0 Å². The van der Waals surface area contributed by atoms with Gasteiger partial charge in [-0.2, -0.15) is 0 Å². The third-order valence-corrected chi connectivity index (χ3v) is 10.6. The van der Waals surface area contributed by atoms with Gasteiger partial charge in [0.25, 0.3) is 0 Å². The van der Waals surface area contributed by atoms with Crippen molar-refractivity contribution >= 4 is 82.5 Å². The predicted molar refractivity (Wildman–Crippen MR) is 222 cm³/mol. The number of para-hydroxylation sites is 2. The predicted octanol–water partition coefficient (Wildman–Crippen LogP) is 14.6. The number of furan rings is 2. The van der Waals surface area contributed by atoms with E-state index in [-0.39, 0.29) is 0 Å². The third kappa shape index (κ3) is 4.75. The molecule has 0 unspecified atom stereocenters. The van der Waals surface area contributed by atoms with E-state index in [0.29, 0.717) is 0 Å². The molecule has 0 N–H and O–H groups in total. The van der Waals surface area contributed by atoms with Gasteiger partial charge in [0.05, 0.1) is 5.69 Å². The van der Waals surface area contributed by atoms with Crippen LogP contribution in [0.5, 0.6) is 0 Å². The largest absolute Gasteiger partial charge is 0.455 e. The summed E-state index contributed by atoms with van der Waals surface area (Å²) in [5, 5.41) is 9.03. The van der Waals surface area contributed by atoms with Crippen molar-refractivity contribution in [3.63, 3.8) is 0 Å². The lowest BCUT2D eigenvalue weighted by atomic mass is 9.96. The zero-order valence-electron chi connectivity index (χ0n) is 28.7. The van der Waals surface area contributed by atoms with Crippen LogP contribution in [0.25, 0.3) is 87.7 Å². The van der Waals surface area contributed by atoms with Crippen molar-refractivity contribution in [3.05, 3.63) is 188 Å². The minimum absolute atomic E-state index is 0.821. The maximum Gasteiger partial charge on any atom is 0.160 e. The summed E-state index contributed by atoms with van der Waals surface area (Å²) >= 11 is 0. The number of nitrogens with zero attached hydrogens (tertiary/aromatic N) is 1. The standard InChI is InChI=1S/C50H31NO2/c1-2-11-32(12-3-1)34-21-24-38(25-22-34)51(39-26-23-33-13-4-5-14-35(33)29-39)48-41(43-19-10-18-42-40-17-8-9-20-46(40)52-49(42)43)27-28-44-45-30-36-15-6-7-16-37(36)31-47(45)53-50(44)48/h1-31H. The summed E-state index contributed by atoms with van der Waals surface area (Å²) in [6.45, 7) is 0. The van der Waals surface area contributed by atoms with Gasteiger partial charge < -0.3 is 13.7 Å². The lowest BCUT2D eigenvalue weighted by Crippen LogP contribution is -2.11. The molecular weight excluding hydrogens is 647 g/mol. The minimum atomic E-state index is 0.821. The first-order valence-corrected chi connectivity index (χ1v) is 18.0. The van der Waals surface area contributed by atoms with Gasteiger partial charge >= 0.3 is 0 Å².